The molecule has 0 aliphatic heterocycles. The lowest BCUT2D eigenvalue weighted by Crippen LogP contribution is -2.16. The van der Waals surface area contributed by atoms with Crippen molar-refractivity contribution in [3.63, 3.8) is 0 Å². The van der Waals surface area contributed by atoms with Crippen molar-refractivity contribution < 1.29 is 23.8 Å². The topological polar surface area (TPSA) is 73.9 Å². The van der Waals surface area contributed by atoms with Gasteiger partial charge in [0.05, 0.1) is 33.4 Å². The molecule has 0 spiro atoms. The number of carbonyl (C=O) groups excluding carboxylic acids is 2. The fourth-order valence-electron chi connectivity index (χ4n) is 3.28. The highest BCUT2D eigenvalue weighted by atomic mass is 32.1. The Morgan fingerprint density at radius 1 is 1.07 bits per heavy atom. The number of hydrogen-bond acceptors (Lipinski definition) is 7. The molecule has 0 amide bonds. The molecular formula is C20H23NO5S. The van der Waals surface area contributed by atoms with E-state index in [1.165, 1.54) is 19.1 Å². The Bertz CT molecular complexity index is 858. The molecule has 0 radical (unpaired) electrons. The lowest BCUT2D eigenvalue weighted by Gasteiger charge is -2.12. The smallest absolute Gasteiger partial charge is 0.341 e. The van der Waals surface area contributed by atoms with E-state index in [1.54, 1.807) is 36.6 Å². The first-order valence-corrected chi connectivity index (χ1v) is 9.62. The zero-order valence-corrected chi connectivity index (χ0v) is 16.5. The van der Waals surface area contributed by atoms with E-state index in [0.29, 0.717) is 27.6 Å². The maximum absolute atomic E-state index is 12.6. The van der Waals surface area contributed by atoms with Crippen molar-refractivity contribution >= 4 is 28.1 Å². The van der Waals surface area contributed by atoms with Gasteiger partial charge in [-0.3, -0.25) is 4.79 Å². The van der Waals surface area contributed by atoms with E-state index in [1.807, 2.05) is 0 Å². The average Bonchev–Trinajstić information content (AvgIpc) is 3.09. The number of ketones is 1. The van der Waals surface area contributed by atoms with Crippen LogP contribution in [0.3, 0.4) is 0 Å². The summed E-state index contributed by atoms with van der Waals surface area (Å²) in [7, 11) is 4.46. The van der Waals surface area contributed by atoms with Gasteiger partial charge in [-0.15, -0.1) is 11.3 Å². The van der Waals surface area contributed by atoms with Gasteiger partial charge in [0.1, 0.15) is 5.00 Å². The van der Waals surface area contributed by atoms with Crippen LogP contribution in [-0.4, -0.2) is 39.6 Å². The van der Waals surface area contributed by atoms with Crippen molar-refractivity contribution in [3.8, 4) is 11.5 Å². The van der Waals surface area contributed by atoms with Crippen molar-refractivity contribution in [2.24, 2.45) is 0 Å². The Kier molecular flexibility index (Phi) is 6.01. The van der Waals surface area contributed by atoms with E-state index >= 15 is 0 Å². The third-order valence-electron chi connectivity index (χ3n) is 4.68. The Labute approximate surface area is 162 Å². The predicted octanol–water partition coefficient (Wildman–Crippen LogP) is 3.73. The third-order valence-corrected chi connectivity index (χ3v) is 5.93. The van der Waals surface area contributed by atoms with Gasteiger partial charge in [0.2, 0.25) is 0 Å². The molecule has 1 aromatic carbocycles. The van der Waals surface area contributed by atoms with Crippen molar-refractivity contribution in [3.05, 3.63) is 39.8 Å². The number of hydrogen-bond donors (Lipinski definition) is 1. The highest BCUT2D eigenvalue weighted by molar-refractivity contribution is 7.16. The quantitative estimate of drug-likeness (QED) is 0.575. The molecule has 1 N–H and O–H groups in total. The van der Waals surface area contributed by atoms with Gasteiger partial charge >= 0.3 is 5.97 Å². The lowest BCUT2D eigenvalue weighted by molar-refractivity contribution is 0.0600. The number of Topliss-reactive ketones (excluding diaryl/α,β-unsaturated/α-hetero) is 1. The summed E-state index contributed by atoms with van der Waals surface area (Å²) in [4.78, 5) is 26.1. The minimum atomic E-state index is -0.351. The Morgan fingerprint density at radius 3 is 2.52 bits per heavy atom. The normalized spacial score (nSPS) is 12.9. The molecule has 144 valence electrons. The largest absolute Gasteiger partial charge is 0.493 e. The van der Waals surface area contributed by atoms with Gasteiger partial charge in [-0.2, -0.15) is 0 Å². The second-order valence-electron chi connectivity index (χ2n) is 6.25. The van der Waals surface area contributed by atoms with Crippen molar-refractivity contribution in [2.75, 3.05) is 33.2 Å². The van der Waals surface area contributed by atoms with Crippen LogP contribution >= 0.6 is 11.3 Å². The van der Waals surface area contributed by atoms with E-state index in [0.717, 1.165) is 31.2 Å². The summed E-state index contributed by atoms with van der Waals surface area (Å²) in [5, 5.41) is 3.86. The number of carbonyl (C=O) groups is 2. The minimum absolute atomic E-state index is 0.0822. The lowest BCUT2D eigenvalue weighted by atomic mass is 9.95. The zero-order chi connectivity index (χ0) is 19.4. The maximum atomic E-state index is 12.6. The van der Waals surface area contributed by atoms with Crippen molar-refractivity contribution in [1.29, 1.82) is 0 Å². The van der Waals surface area contributed by atoms with Gasteiger partial charge in [0, 0.05) is 10.4 Å². The average molecular weight is 389 g/mol. The van der Waals surface area contributed by atoms with Gasteiger partial charge in [-0.1, -0.05) is 0 Å². The van der Waals surface area contributed by atoms with Crippen LogP contribution < -0.4 is 14.8 Å². The number of rotatable bonds is 7. The van der Waals surface area contributed by atoms with E-state index in [-0.39, 0.29) is 18.3 Å². The van der Waals surface area contributed by atoms with Gasteiger partial charge in [-0.05, 0) is 49.4 Å². The first-order chi connectivity index (χ1) is 13.1. The first kappa shape index (κ1) is 19.2. The molecule has 1 heterocycles. The van der Waals surface area contributed by atoms with Gasteiger partial charge in [-0.25, -0.2) is 4.79 Å². The molecular weight excluding hydrogens is 366 g/mol. The molecule has 0 unspecified atom stereocenters. The summed E-state index contributed by atoms with van der Waals surface area (Å²) in [5.41, 5.74) is 2.16. The van der Waals surface area contributed by atoms with Crippen LogP contribution in [0.2, 0.25) is 0 Å². The summed E-state index contributed by atoms with van der Waals surface area (Å²) >= 11 is 1.55. The molecule has 3 rings (SSSR count). The standard InChI is InChI=1S/C20H23NO5S/c1-24-15-9-8-12(10-16(15)25-2)14(22)11-21-19-18(20(23)26-3)13-6-4-5-7-17(13)27-19/h8-10,21H,4-7,11H2,1-3H3. The summed E-state index contributed by atoms with van der Waals surface area (Å²) < 4.78 is 15.4. The van der Waals surface area contributed by atoms with E-state index in [4.69, 9.17) is 14.2 Å². The van der Waals surface area contributed by atoms with Crippen LogP contribution in [0.15, 0.2) is 18.2 Å². The Hall–Kier alpha value is -2.54. The molecule has 1 aromatic heterocycles. The first-order valence-electron chi connectivity index (χ1n) is 8.81. The van der Waals surface area contributed by atoms with Crippen LogP contribution in [0.4, 0.5) is 5.00 Å². The number of methoxy groups -OCH3 is 3. The van der Waals surface area contributed by atoms with Gasteiger partial charge in [0.25, 0.3) is 0 Å². The third kappa shape index (κ3) is 3.93. The number of thiophene rings is 1. The van der Waals surface area contributed by atoms with E-state index < -0.39 is 0 Å². The molecule has 6 nitrogen and oxygen atoms in total. The van der Waals surface area contributed by atoms with Crippen molar-refractivity contribution in [2.45, 2.75) is 25.7 Å². The molecule has 2 aromatic rings. The van der Waals surface area contributed by atoms with Crippen LogP contribution in [0.5, 0.6) is 11.5 Å². The molecule has 1 aliphatic carbocycles. The van der Waals surface area contributed by atoms with Crippen molar-refractivity contribution in [1.82, 2.24) is 0 Å². The molecule has 7 heteroatoms. The summed E-state index contributed by atoms with van der Waals surface area (Å²) in [5.74, 6) is 0.625. The summed E-state index contributed by atoms with van der Waals surface area (Å²) in [6.07, 6.45) is 4.03. The molecule has 0 bridgehead atoms. The zero-order valence-electron chi connectivity index (χ0n) is 15.7. The minimum Gasteiger partial charge on any atom is -0.493 e. The van der Waals surface area contributed by atoms with Crippen LogP contribution in [0, 0.1) is 0 Å². The number of anilines is 1. The number of nitrogens with one attached hydrogen (secondary N) is 1. The molecule has 0 fully saturated rings. The molecule has 1 aliphatic rings. The second-order valence-corrected chi connectivity index (χ2v) is 7.36. The number of fused-ring (bicyclic) bond motifs is 1. The monoisotopic (exact) mass is 389 g/mol. The fraction of sp³-hybridized carbons (Fsp3) is 0.400. The van der Waals surface area contributed by atoms with Crippen LogP contribution in [0.25, 0.3) is 0 Å². The Morgan fingerprint density at radius 2 is 1.81 bits per heavy atom. The number of ether oxygens (including phenoxy) is 3. The Balaban J connectivity index is 1.79. The highest BCUT2D eigenvalue weighted by Gasteiger charge is 2.26. The molecule has 27 heavy (non-hydrogen) atoms. The fourth-order valence-corrected chi connectivity index (χ4v) is 4.55. The summed E-state index contributed by atoms with van der Waals surface area (Å²) in [6, 6.07) is 5.06. The summed E-state index contributed by atoms with van der Waals surface area (Å²) in [6.45, 7) is 0.0822. The van der Waals surface area contributed by atoms with E-state index in [2.05, 4.69) is 5.32 Å². The predicted molar refractivity (Wildman–Crippen MR) is 105 cm³/mol. The molecule has 0 saturated carbocycles. The van der Waals surface area contributed by atoms with Gasteiger partial charge in [0.15, 0.2) is 17.3 Å². The highest BCUT2D eigenvalue weighted by Crippen LogP contribution is 2.38. The second kappa shape index (κ2) is 8.43. The molecule has 0 saturated heterocycles. The van der Waals surface area contributed by atoms with Crippen LogP contribution in [0.1, 0.15) is 44.0 Å². The maximum Gasteiger partial charge on any atom is 0.341 e. The van der Waals surface area contributed by atoms with Gasteiger partial charge < -0.3 is 19.5 Å². The number of aryl methyl sites for hydroxylation is 1. The number of benzene rings is 1. The molecule has 0 atom stereocenters. The number of esters is 1. The van der Waals surface area contributed by atoms with E-state index in [9.17, 15) is 9.59 Å². The van der Waals surface area contributed by atoms with Crippen LogP contribution in [-0.2, 0) is 17.6 Å². The SMILES string of the molecule is COC(=O)c1c(NCC(=O)c2ccc(OC)c(OC)c2)sc2c1CCCC2.